The van der Waals surface area contributed by atoms with E-state index in [0.29, 0.717) is 31.3 Å². The van der Waals surface area contributed by atoms with Crippen molar-refractivity contribution in [2.75, 3.05) is 25.9 Å². The maximum Gasteiger partial charge on any atom is 0.328 e. The van der Waals surface area contributed by atoms with Gasteiger partial charge in [-0.05, 0) is 30.4 Å². The molecule has 10 nitrogen and oxygen atoms in total. The molecule has 0 saturated carbocycles. The van der Waals surface area contributed by atoms with Gasteiger partial charge in [0.1, 0.15) is 5.82 Å². The second-order valence-electron chi connectivity index (χ2n) is 8.32. The van der Waals surface area contributed by atoms with Gasteiger partial charge < -0.3 is 20.8 Å². The van der Waals surface area contributed by atoms with Crippen molar-refractivity contribution in [1.82, 2.24) is 9.21 Å². The average molecular weight is 522 g/mol. The van der Waals surface area contributed by atoms with Crippen molar-refractivity contribution in [3.8, 4) is 0 Å². The molecule has 0 aliphatic carbocycles. The molecule has 3 atom stereocenters. The Hall–Kier alpha value is -2.97. The fraction of sp³-hybridized carbons (Fsp3) is 0.476. The van der Waals surface area contributed by atoms with Gasteiger partial charge in [-0.3, -0.25) is 4.79 Å². The third-order valence-corrected chi connectivity index (χ3v) is 6.92. The normalized spacial score (nSPS) is 20.9. The van der Waals surface area contributed by atoms with Gasteiger partial charge in [-0.25, -0.2) is 31.2 Å². The third kappa shape index (κ3) is 8.04. The zero-order chi connectivity index (χ0) is 26.5. The summed E-state index contributed by atoms with van der Waals surface area (Å²) in [4.78, 5) is 33.3. The number of nitrogens with zero attached hydrogens (tertiary/aromatic N) is 2. The molecular weight excluding hydrogens is 495 g/mol. The number of carboxylic acid groups (broad SMARTS) is 2. The molecule has 2 aliphatic heterocycles. The van der Waals surface area contributed by atoms with E-state index in [1.807, 2.05) is 0 Å². The number of aliphatic carboxylic acids is 2. The molecule has 2 heterocycles. The first-order chi connectivity index (χ1) is 16.2. The van der Waals surface area contributed by atoms with E-state index in [-0.39, 0.29) is 42.8 Å². The van der Waals surface area contributed by atoms with E-state index in [1.54, 1.807) is 4.90 Å². The highest BCUT2D eigenvalue weighted by molar-refractivity contribution is 7.88. The summed E-state index contributed by atoms with van der Waals surface area (Å²) < 4.78 is 64.8. The number of sulfonamides is 1. The Morgan fingerprint density at radius 1 is 1.09 bits per heavy atom. The highest BCUT2D eigenvalue weighted by atomic mass is 32.2. The van der Waals surface area contributed by atoms with Gasteiger partial charge in [0.05, 0.1) is 6.26 Å². The number of nitrogens with two attached hydrogens (primary N) is 1. The van der Waals surface area contributed by atoms with Gasteiger partial charge in [0.15, 0.2) is 11.6 Å². The number of hydrogen-bond donors (Lipinski definition) is 3. The number of carboxylic acids is 2. The van der Waals surface area contributed by atoms with E-state index in [1.165, 1.54) is 4.31 Å². The summed E-state index contributed by atoms with van der Waals surface area (Å²) in [5, 5.41) is 15.6. The van der Waals surface area contributed by atoms with Crippen LogP contribution in [0.4, 0.5) is 13.2 Å². The zero-order valence-corrected chi connectivity index (χ0v) is 19.6. The van der Waals surface area contributed by atoms with E-state index in [4.69, 9.17) is 15.9 Å². The summed E-state index contributed by atoms with van der Waals surface area (Å²) >= 11 is 0. The van der Waals surface area contributed by atoms with Crippen molar-refractivity contribution < 1.29 is 46.2 Å². The molecule has 2 aliphatic rings. The maximum absolute atomic E-state index is 13.7. The number of benzene rings is 1. The molecule has 0 bridgehead atoms. The topological polar surface area (TPSA) is 158 Å². The third-order valence-electron chi connectivity index (χ3n) is 5.68. The molecule has 1 aromatic rings. The van der Waals surface area contributed by atoms with Gasteiger partial charge in [0.25, 0.3) is 0 Å². The minimum Gasteiger partial charge on any atom is -0.478 e. The Balaban J connectivity index is 0.000000466. The van der Waals surface area contributed by atoms with Crippen LogP contribution in [0.25, 0.3) is 0 Å². The molecule has 194 valence electrons. The van der Waals surface area contributed by atoms with Crippen LogP contribution in [0.2, 0.25) is 0 Å². The largest absolute Gasteiger partial charge is 0.478 e. The first-order valence-corrected chi connectivity index (χ1v) is 12.3. The van der Waals surface area contributed by atoms with Gasteiger partial charge in [-0.2, -0.15) is 4.31 Å². The minimum absolute atomic E-state index is 0.0828. The van der Waals surface area contributed by atoms with Gasteiger partial charge in [0, 0.05) is 56.4 Å². The van der Waals surface area contributed by atoms with E-state index < -0.39 is 45.5 Å². The van der Waals surface area contributed by atoms with Crippen LogP contribution in [-0.4, -0.2) is 83.7 Å². The lowest BCUT2D eigenvalue weighted by molar-refractivity contribution is -0.134. The number of rotatable bonds is 7. The summed E-state index contributed by atoms with van der Waals surface area (Å²) in [6.45, 7) is 1.19. The predicted octanol–water partition coefficient (Wildman–Crippen LogP) is 0.568. The Morgan fingerprint density at radius 3 is 2.20 bits per heavy atom. The number of amides is 1. The van der Waals surface area contributed by atoms with Crippen LogP contribution in [0.5, 0.6) is 0 Å². The molecule has 4 N–H and O–H groups in total. The molecular formula is C21H26F3N3O7S. The van der Waals surface area contributed by atoms with Crippen molar-refractivity contribution in [1.29, 1.82) is 0 Å². The number of likely N-dealkylation sites (tertiary alicyclic amines) is 1. The highest BCUT2D eigenvalue weighted by Gasteiger charge is 2.45. The van der Waals surface area contributed by atoms with Crippen molar-refractivity contribution >= 4 is 27.9 Å². The van der Waals surface area contributed by atoms with Crippen molar-refractivity contribution in [3.05, 3.63) is 47.3 Å². The summed E-state index contributed by atoms with van der Waals surface area (Å²) in [6.07, 6.45) is 2.79. The van der Waals surface area contributed by atoms with E-state index in [0.717, 1.165) is 18.7 Å². The maximum atomic E-state index is 13.7. The van der Waals surface area contributed by atoms with Crippen LogP contribution in [-0.2, 0) is 30.8 Å². The molecule has 0 unspecified atom stereocenters. The standard InChI is InChI=1S/C17H22F3N3O3S.C4H4O4/c1-27(25,26)22-8-10-2-3-23(16(10)9-22)17(24)6-12(21)4-11-5-14(19)15(20)7-13(11)18;5-3(6)1-2-4(7)8/h5,7,10,12,16H,2-4,6,8-9,21H2,1H3;1-2H,(H,5,6)(H,7,8)/t10-,12+,16+;/m0./s1. The Kier molecular flexibility index (Phi) is 9.40. The van der Waals surface area contributed by atoms with E-state index in [2.05, 4.69) is 0 Å². The minimum atomic E-state index is -3.31. The van der Waals surface area contributed by atoms with Gasteiger partial charge in [-0.1, -0.05) is 0 Å². The Morgan fingerprint density at radius 2 is 1.66 bits per heavy atom. The average Bonchev–Trinajstić information content (AvgIpc) is 3.31. The Labute approximate surface area is 199 Å². The summed E-state index contributed by atoms with van der Waals surface area (Å²) in [6, 6.07) is 0.271. The molecule has 1 amide bonds. The van der Waals surface area contributed by atoms with Crippen molar-refractivity contribution in [3.63, 3.8) is 0 Å². The second kappa shape index (κ2) is 11.6. The fourth-order valence-corrected chi connectivity index (χ4v) is 4.95. The van der Waals surface area contributed by atoms with Crippen LogP contribution >= 0.6 is 0 Å². The van der Waals surface area contributed by atoms with Crippen LogP contribution in [0.3, 0.4) is 0 Å². The molecule has 0 spiro atoms. The smallest absolute Gasteiger partial charge is 0.328 e. The van der Waals surface area contributed by atoms with E-state index >= 15 is 0 Å². The number of fused-ring (bicyclic) bond motifs is 1. The number of carbonyl (C=O) groups excluding carboxylic acids is 1. The lowest BCUT2D eigenvalue weighted by atomic mass is 10.0. The quantitative estimate of drug-likeness (QED) is 0.347. The molecule has 2 saturated heterocycles. The molecule has 1 aromatic carbocycles. The SMILES string of the molecule is CS(=O)(=O)N1C[C@@H]2CCN(C(=O)C[C@H](N)Cc3cc(F)c(F)cc3F)[C@@H]2C1.O=C(O)C=CC(=O)O. The fourth-order valence-electron chi connectivity index (χ4n) is 4.06. The van der Waals surface area contributed by atoms with Crippen molar-refractivity contribution in [2.24, 2.45) is 11.7 Å². The number of carbonyl (C=O) groups is 3. The monoisotopic (exact) mass is 521 g/mol. The van der Waals surface area contributed by atoms with Crippen molar-refractivity contribution in [2.45, 2.75) is 31.3 Å². The van der Waals surface area contributed by atoms with E-state index in [9.17, 15) is 36.0 Å². The first kappa shape index (κ1) is 28.3. The molecule has 0 aromatic heterocycles. The summed E-state index contributed by atoms with van der Waals surface area (Å²) in [5.41, 5.74) is 5.84. The first-order valence-electron chi connectivity index (χ1n) is 10.5. The summed E-state index contributed by atoms with van der Waals surface area (Å²) in [7, 11) is -3.31. The highest BCUT2D eigenvalue weighted by Crippen LogP contribution is 2.33. The van der Waals surface area contributed by atoms with Crippen LogP contribution in [0, 0.1) is 23.4 Å². The second-order valence-corrected chi connectivity index (χ2v) is 10.3. The molecule has 2 fully saturated rings. The number of hydrogen-bond acceptors (Lipinski definition) is 6. The lowest BCUT2D eigenvalue weighted by Gasteiger charge is -2.26. The van der Waals surface area contributed by atoms with Crippen LogP contribution in [0.15, 0.2) is 24.3 Å². The van der Waals surface area contributed by atoms with Gasteiger partial charge >= 0.3 is 11.9 Å². The van der Waals surface area contributed by atoms with Crippen LogP contribution in [0.1, 0.15) is 18.4 Å². The molecule has 3 rings (SSSR count). The molecule has 0 radical (unpaired) electrons. The predicted molar refractivity (Wildman–Crippen MR) is 117 cm³/mol. The zero-order valence-electron chi connectivity index (χ0n) is 18.7. The van der Waals surface area contributed by atoms with Gasteiger partial charge in [0.2, 0.25) is 15.9 Å². The van der Waals surface area contributed by atoms with Gasteiger partial charge in [-0.15, -0.1) is 0 Å². The lowest BCUT2D eigenvalue weighted by Crippen LogP contribution is -2.43. The molecule has 14 heteroatoms. The Bertz CT molecular complexity index is 1100. The van der Waals surface area contributed by atoms with Crippen LogP contribution < -0.4 is 5.73 Å². The summed E-state index contributed by atoms with van der Waals surface area (Å²) in [5.74, 6) is -6.01. The number of halogens is 3. The molecule has 35 heavy (non-hydrogen) atoms.